The molecule has 0 aromatic rings. The monoisotopic (exact) mass is 263 g/mol. The van der Waals surface area contributed by atoms with Gasteiger partial charge in [-0.15, -0.1) is 0 Å². The molecule has 1 saturated heterocycles. The summed E-state index contributed by atoms with van der Waals surface area (Å²) < 4.78 is 0. The fourth-order valence-electron chi connectivity index (χ4n) is 2.59. The van der Waals surface area contributed by atoms with Crippen LogP contribution in [0.15, 0.2) is 0 Å². The van der Waals surface area contributed by atoms with Gasteiger partial charge in [-0.25, -0.2) is 4.79 Å². The first-order chi connectivity index (χ1) is 7.84. The van der Waals surface area contributed by atoms with E-state index < -0.39 is 23.3 Å². The van der Waals surface area contributed by atoms with E-state index in [-0.39, 0.29) is 35.5 Å². The minimum absolute atomic E-state index is 0. The van der Waals surface area contributed by atoms with Gasteiger partial charge in [0.25, 0.3) is 0 Å². The summed E-state index contributed by atoms with van der Waals surface area (Å²) in [5.41, 5.74) is -1.11. The number of barbiturate groups is 1. The Bertz CT molecular complexity index is 335. The van der Waals surface area contributed by atoms with Crippen molar-refractivity contribution in [1.82, 2.24) is 10.6 Å². The van der Waals surface area contributed by atoms with Crippen LogP contribution in [0, 0.1) is 17.3 Å². The maximum Gasteiger partial charge on any atom is 0.328 e. The third kappa shape index (κ3) is 3.13. The van der Waals surface area contributed by atoms with Crippen molar-refractivity contribution in [3.05, 3.63) is 0 Å². The molecule has 1 fully saturated rings. The molecule has 1 aliphatic rings. The van der Waals surface area contributed by atoms with Gasteiger partial charge in [0.15, 0.2) is 0 Å². The number of nitrogens with one attached hydrogen (secondary N) is 2. The second kappa shape index (κ2) is 6.68. The second-order valence-corrected chi connectivity index (χ2v) is 5.09. The molecule has 1 heterocycles. The zero-order chi connectivity index (χ0) is 13.2. The van der Waals surface area contributed by atoms with E-state index in [4.69, 9.17) is 0 Å². The molecule has 2 N–H and O–H groups in total. The Morgan fingerprint density at radius 1 is 1.06 bits per heavy atom. The third-order valence-electron chi connectivity index (χ3n) is 3.49. The summed E-state index contributed by atoms with van der Waals surface area (Å²) in [4.78, 5) is 35.1. The maximum atomic E-state index is 12.0. The van der Waals surface area contributed by atoms with Crippen LogP contribution < -0.4 is 10.6 Å². The van der Waals surface area contributed by atoms with Crippen molar-refractivity contribution in [1.29, 1.82) is 0 Å². The molecule has 97 valence electrons. The van der Waals surface area contributed by atoms with Gasteiger partial charge in [0, 0.05) is 29.6 Å². The van der Waals surface area contributed by atoms with Gasteiger partial charge in [0.2, 0.25) is 11.8 Å². The van der Waals surface area contributed by atoms with Crippen LogP contribution in [-0.4, -0.2) is 47.4 Å². The van der Waals surface area contributed by atoms with Gasteiger partial charge >= 0.3 is 6.03 Å². The number of imide groups is 2. The number of hydrogen-bond donors (Lipinski definition) is 2. The molecule has 4 amide bonds. The van der Waals surface area contributed by atoms with E-state index in [9.17, 15) is 14.4 Å². The summed E-state index contributed by atoms with van der Waals surface area (Å²) in [6.07, 6.45) is 1.16. The fraction of sp³-hybridized carbons (Fsp3) is 0.750. The molecule has 1 atom stereocenters. The minimum atomic E-state index is -1.11. The average molecular weight is 263 g/mol. The number of rotatable bonds is 4. The third-order valence-corrected chi connectivity index (χ3v) is 3.49. The van der Waals surface area contributed by atoms with E-state index in [1.807, 2.05) is 20.8 Å². The predicted octanol–water partition coefficient (Wildman–Crippen LogP) is 1.05. The Balaban J connectivity index is 0.00000289. The first kappa shape index (κ1) is 17.6. The molecule has 0 spiro atoms. The summed E-state index contributed by atoms with van der Waals surface area (Å²) in [7, 11) is 0. The molecule has 0 saturated carbocycles. The smallest absolute Gasteiger partial charge is 0.277 e. The van der Waals surface area contributed by atoms with Gasteiger partial charge in [-0.3, -0.25) is 20.2 Å². The van der Waals surface area contributed by atoms with Crippen molar-refractivity contribution in [3.63, 3.8) is 0 Å². The molecular formula is C12H20N2NaO3. The molecule has 1 unspecified atom stereocenters. The van der Waals surface area contributed by atoms with Crippen molar-refractivity contribution in [2.24, 2.45) is 17.3 Å². The maximum absolute atomic E-state index is 12.0. The Kier molecular flexibility index (Phi) is 6.54. The normalized spacial score (nSPS) is 19.9. The molecule has 0 aliphatic carbocycles. The van der Waals surface area contributed by atoms with Crippen LogP contribution in [0.4, 0.5) is 4.79 Å². The number of carbonyl (C=O) groups is 3. The van der Waals surface area contributed by atoms with Gasteiger partial charge in [-0.2, -0.15) is 0 Å². The van der Waals surface area contributed by atoms with Crippen molar-refractivity contribution in [2.45, 2.75) is 40.5 Å². The molecule has 6 heteroatoms. The number of amides is 4. The summed E-state index contributed by atoms with van der Waals surface area (Å²) in [6.45, 7) is 7.78. The average Bonchev–Trinajstić information content (AvgIpc) is 2.16. The summed E-state index contributed by atoms with van der Waals surface area (Å²) in [6, 6.07) is -0.721. The summed E-state index contributed by atoms with van der Waals surface area (Å²) >= 11 is 0. The largest absolute Gasteiger partial charge is 0.328 e. The zero-order valence-electron chi connectivity index (χ0n) is 11.8. The second-order valence-electron chi connectivity index (χ2n) is 5.09. The molecule has 5 nitrogen and oxygen atoms in total. The first-order valence-corrected chi connectivity index (χ1v) is 6.01. The van der Waals surface area contributed by atoms with Gasteiger partial charge < -0.3 is 0 Å². The van der Waals surface area contributed by atoms with Gasteiger partial charge in [-0.05, 0) is 24.7 Å². The molecule has 0 aromatic heterocycles. The number of urea groups is 1. The van der Waals surface area contributed by atoms with Crippen LogP contribution in [0.2, 0.25) is 0 Å². The number of hydrogen-bond acceptors (Lipinski definition) is 3. The van der Waals surface area contributed by atoms with E-state index in [0.29, 0.717) is 12.3 Å². The van der Waals surface area contributed by atoms with Gasteiger partial charge in [-0.1, -0.05) is 27.7 Å². The topological polar surface area (TPSA) is 75.3 Å². The first-order valence-electron chi connectivity index (χ1n) is 6.01. The van der Waals surface area contributed by atoms with E-state index in [0.717, 1.165) is 6.42 Å². The van der Waals surface area contributed by atoms with Crippen LogP contribution >= 0.6 is 0 Å². The van der Waals surface area contributed by atoms with E-state index in [2.05, 4.69) is 10.6 Å². The van der Waals surface area contributed by atoms with Gasteiger partial charge in [0.1, 0.15) is 5.41 Å². The molecule has 1 radical (unpaired) electrons. The van der Waals surface area contributed by atoms with Crippen molar-refractivity contribution < 1.29 is 14.4 Å². The Labute approximate surface area is 130 Å². The molecule has 0 aromatic carbocycles. The van der Waals surface area contributed by atoms with Crippen LogP contribution in [0.1, 0.15) is 40.5 Å². The standard InChI is InChI=1S/C12H20N2O3.Na/c1-5-12(8(4)6-7(2)3)9(15)13-11(17)14-10(12)16;/h7-8H,5-6H2,1-4H3,(H2,13,14,15,16,17);. The van der Waals surface area contributed by atoms with Crippen LogP contribution in [0.5, 0.6) is 0 Å². The van der Waals surface area contributed by atoms with Crippen LogP contribution in [0.3, 0.4) is 0 Å². The molecule has 0 bridgehead atoms. The summed E-state index contributed by atoms with van der Waals surface area (Å²) in [5, 5.41) is 4.39. The zero-order valence-corrected chi connectivity index (χ0v) is 13.8. The molecular weight excluding hydrogens is 243 g/mol. The van der Waals surface area contributed by atoms with E-state index in [1.54, 1.807) is 6.92 Å². The van der Waals surface area contributed by atoms with Crippen molar-refractivity contribution in [3.8, 4) is 0 Å². The van der Waals surface area contributed by atoms with Crippen molar-refractivity contribution in [2.75, 3.05) is 0 Å². The van der Waals surface area contributed by atoms with E-state index >= 15 is 0 Å². The molecule has 1 aliphatic heterocycles. The van der Waals surface area contributed by atoms with Crippen LogP contribution in [0.25, 0.3) is 0 Å². The van der Waals surface area contributed by atoms with Gasteiger partial charge in [0.05, 0.1) is 0 Å². The SMILES string of the molecule is CCC1(C(C)CC(C)C)C(=O)NC(=O)NC1=O.[Na]. The Hall–Kier alpha value is -0.390. The quantitative estimate of drug-likeness (QED) is 0.588. The van der Waals surface area contributed by atoms with Crippen LogP contribution in [-0.2, 0) is 9.59 Å². The predicted molar refractivity (Wildman–Crippen MR) is 68.8 cm³/mol. The van der Waals surface area contributed by atoms with Crippen molar-refractivity contribution >= 4 is 47.4 Å². The molecule has 18 heavy (non-hydrogen) atoms. The number of carbonyl (C=O) groups excluding carboxylic acids is 3. The Morgan fingerprint density at radius 3 is 1.83 bits per heavy atom. The summed E-state index contributed by atoms with van der Waals surface area (Å²) in [5.74, 6) is -0.643. The molecule has 1 rings (SSSR count). The fourth-order valence-corrected chi connectivity index (χ4v) is 2.59. The van der Waals surface area contributed by atoms with E-state index in [1.165, 1.54) is 0 Å². The Morgan fingerprint density at radius 2 is 1.50 bits per heavy atom. The minimum Gasteiger partial charge on any atom is -0.277 e.